The summed E-state index contributed by atoms with van der Waals surface area (Å²) in [7, 11) is -4.31. The molecule has 0 fully saturated rings. The summed E-state index contributed by atoms with van der Waals surface area (Å²) in [6, 6.07) is 0. The second kappa shape index (κ2) is 11.1. The van der Waals surface area contributed by atoms with E-state index in [0.29, 0.717) is 6.42 Å². The molecule has 0 aliphatic rings. The Bertz CT molecular complexity index is 351. The molecule has 0 radical (unpaired) electrons. The van der Waals surface area contributed by atoms with Crippen molar-refractivity contribution in [1.82, 2.24) is 0 Å². The molecule has 0 aromatic heterocycles. The summed E-state index contributed by atoms with van der Waals surface area (Å²) >= 11 is 0. The zero-order valence-electron chi connectivity index (χ0n) is 12.6. The molecule has 0 heterocycles. The maximum Gasteiger partial charge on any atom is 0.304 e. The van der Waals surface area contributed by atoms with Gasteiger partial charge in [-0.25, -0.2) is 0 Å². The van der Waals surface area contributed by atoms with Gasteiger partial charge < -0.3 is 4.74 Å². The van der Waals surface area contributed by atoms with Gasteiger partial charge in [0.25, 0.3) is 0 Å². The summed E-state index contributed by atoms with van der Waals surface area (Å²) in [6.07, 6.45) is 10.2. The molecule has 6 heteroatoms. The molecule has 0 aliphatic carbocycles. The van der Waals surface area contributed by atoms with Gasteiger partial charge in [0.05, 0.1) is 0 Å². The number of rotatable bonds is 12. The highest BCUT2D eigenvalue weighted by molar-refractivity contribution is 7.86. The SMILES string of the molecule is CCCCCCCCCCCC(OC(C)=O)S(=O)(=O)O. The topological polar surface area (TPSA) is 80.7 Å². The standard InChI is InChI=1S/C14H28O5S/c1-3-4-5-6-7-8-9-10-11-12-14(19-13(2)15)20(16,17)18/h14H,3-12H2,1-2H3,(H,16,17,18). The van der Waals surface area contributed by atoms with Crippen molar-refractivity contribution in [2.24, 2.45) is 0 Å². The minimum atomic E-state index is -4.31. The molecule has 5 nitrogen and oxygen atoms in total. The number of ether oxygens (including phenoxy) is 1. The number of hydrogen-bond donors (Lipinski definition) is 1. The predicted molar refractivity (Wildman–Crippen MR) is 78.9 cm³/mol. The summed E-state index contributed by atoms with van der Waals surface area (Å²) < 4.78 is 35.6. The first-order chi connectivity index (χ1) is 9.38. The lowest BCUT2D eigenvalue weighted by atomic mass is 10.1. The average Bonchev–Trinajstić information content (AvgIpc) is 2.33. The minimum absolute atomic E-state index is 0.161. The molecule has 0 aromatic carbocycles. The van der Waals surface area contributed by atoms with Crippen LogP contribution in [-0.4, -0.2) is 24.4 Å². The summed E-state index contributed by atoms with van der Waals surface area (Å²) in [6.45, 7) is 3.32. The molecule has 1 unspecified atom stereocenters. The van der Waals surface area contributed by atoms with Crippen LogP contribution in [0.25, 0.3) is 0 Å². The number of unbranched alkanes of at least 4 members (excludes halogenated alkanes) is 8. The zero-order valence-corrected chi connectivity index (χ0v) is 13.5. The van der Waals surface area contributed by atoms with E-state index >= 15 is 0 Å². The van der Waals surface area contributed by atoms with Gasteiger partial charge in [-0.2, -0.15) is 8.42 Å². The first kappa shape index (κ1) is 19.4. The molecule has 0 bridgehead atoms. The fourth-order valence-electron chi connectivity index (χ4n) is 2.08. The Balaban J connectivity index is 3.67. The van der Waals surface area contributed by atoms with Gasteiger partial charge in [0, 0.05) is 13.3 Å². The second-order valence-electron chi connectivity index (χ2n) is 5.17. The van der Waals surface area contributed by atoms with Gasteiger partial charge in [-0.05, 0) is 6.42 Å². The van der Waals surface area contributed by atoms with Crippen LogP contribution in [0, 0.1) is 0 Å². The van der Waals surface area contributed by atoms with Crippen LogP contribution in [0.3, 0.4) is 0 Å². The molecule has 1 atom stereocenters. The highest BCUT2D eigenvalue weighted by Gasteiger charge is 2.25. The van der Waals surface area contributed by atoms with Crippen molar-refractivity contribution in [3.8, 4) is 0 Å². The van der Waals surface area contributed by atoms with E-state index in [9.17, 15) is 13.2 Å². The van der Waals surface area contributed by atoms with Crippen LogP contribution in [0.5, 0.6) is 0 Å². The lowest BCUT2D eigenvalue weighted by Crippen LogP contribution is -2.25. The summed E-state index contributed by atoms with van der Waals surface area (Å²) in [5.74, 6) is -0.691. The number of esters is 1. The van der Waals surface area contributed by atoms with Crippen LogP contribution < -0.4 is 0 Å². The monoisotopic (exact) mass is 308 g/mol. The van der Waals surface area contributed by atoms with Gasteiger partial charge in [-0.15, -0.1) is 0 Å². The Hall–Kier alpha value is -0.620. The van der Waals surface area contributed by atoms with E-state index < -0.39 is 21.5 Å². The first-order valence-electron chi connectivity index (χ1n) is 7.51. The van der Waals surface area contributed by atoms with Crippen molar-refractivity contribution in [3.63, 3.8) is 0 Å². The van der Waals surface area contributed by atoms with Gasteiger partial charge in [0.2, 0.25) is 5.44 Å². The lowest BCUT2D eigenvalue weighted by Gasteiger charge is -2.13. The quantitative estimate of drug-likeness (QED) is 0.338. The van der Waals surface area contributed by atoms with Gasteiger partial charge in [-0.3, -0.25) is 9.35 Å². The smallest absolute Gasteiger partial charge is 0.304 e. The van der Waals surface area contributed by atoms with Crippen molar-refractivity contribution in [2.45, 2.75) is 83.5 Å². The van der Waals surface area contributed by atoms with Gasteiger partial charge >= 0.3 is 16.1 Å². The Morgan fingerprint density at radius 1 is 1.00 bits per heavy atom. The molecule has 0 spiro atoms. The highest BCUT2D eigenvalue weighted by Crippen LogP contribution is 2.15. The van der Waals surface area contributed by atoms with E-state index in [1.165, 1.54) is 32.1 Å². The Morgan fingerprint density at radius 3 is 1.85 bits per heavy atom. The van der Waals surface area contributed by atoms with Crippen molar-refractivity contribution in [2.75, 3.05) is 0 Å². The molecule has 0 saturated heterocycles. The van der Waals surface area contributed by atoms with Crippen molar-refractivity contribution in [3.05, 3.63) is 0 Å². The van der Waals surface area contributed by atoms with Crippen LogP contribution in [0.2, 0.25) is 0 Å². The van der Waals surface area contributed by atoms with Crippen LogP contribution in [-0.2, 0) is 19.6 Å². The van der Waals surface area contributed by atoms with E-state index in [2.05, 4.69) is 11.7 Å². The number of carbonyl (C=O) groups is 1. The molecule has 0 rings (SSSR count). The molecule has 0 aromatic rings. The van der Waals surface area contributed by atoms with Gasteiger partial charge in [0.1, 0.15) is 0 Å². The summed E-state index contributed by atoms with van der Waals surface area (Å²) in [5, 5.41) is 0. The Labute approximate surface area is 122 Å². The largest absolute Gasteiger partial charge is 0.444 e. The van der Waals surface area contributed by atoms with E-state index in [1.807, 2.05) is 0 Å². The molecule has 0 saturated carbocycles. The second-order valence-corrected chi connectivity index (χ2v) is 6.73. The predicted octanol–water partition coefficient (Wildman–Crippen LogP) is 3.68. The minimum Gasteiger partial charge on any atom is -0.444 e. The molecule has 0 aliphatic heterocycles. The number of carbonyl (C=O) groups excluding carboxylic acids is 1. The summed E-state index contributed by atoms with van der Waals surface area (Å²) in [4.78, 5) is 10.8. The van der Waals surface area contributed by atoms with Crippen LogP contribution in [0.1, 0.15) is 78.1 Å². The normalized spacial score (nSPS) is 13.2. The number of hydrogen-bond acceptors (Lipinski definition) is 4. The van der Waals surface area contributed by atoms with Crippen LogP contribution in [0.15, 0.2) is 0 Å². The van der Waals surface area contributed by atoms with E-state index in [1.54, 1.807) is 0 Å². The van der Waals surface area contributed by atoms with Crippen molar-refractivity contribution < 1.29 is 22.5 Å². The van der Waals surface area contributed by atoms with Crippen LogP contribution in [0.4, 0.5) is 0 Å². The molecular weight excluding hydrogens is 280 g/mol. The van der Waals surface area contributed by atoms with E-state index in [-0.39, 0.29) is 6.42 Å². The zero-order chi connectivity index (χ0) is 15.4. The van der Waals surface area contributed by atoms with Gasteiger partial charge in [-0.1, -0.05) is 58.3 Å². The maximum absolute atomic E-state index is 11.0. The lowest BCUT2D eigenvalue weighted by molar-refractivity contribution is -0.143. The fourth-order valence-corrected chi connectivity index (χ4v) is 2.80. The molecule has 120 valence electrons. The maximum atomic E-state index is 11.0. The van der Waals surface area contributed by atoms with E-state index in [4.69, 9.17) is 4.55 Å². The Kier molecular flexibility index (Phi) is 10.7. The first-order valence-corrected chi connectivity index (χ1v) is 9.01. The molecule has 0 amide bonds. The molecule has 20 heavy (non-hydrogen) atoms. The highest BCUT2D eigenvalue weighted by atomic mass is 32.2. The average molecular weight is 308 g/mol. The third-order valence-electron chi connectivity index (χ3n) is 3.17. The van der Waals surface area contributed by atoms with Crippen molar-refractivity contribution in [1.29, 1.82) is 0 Å². The van der Waals surface area contributed by atoms with Crippen LogP contribution >= 0.6 is 0 Å². The third kappa shape index (κ3) is 11.2. The molecular formula is C14H28O5S. The van der Waals surface area contributed by atoms with E-state index in [0.717, 1.165) is 26.2 Å². The summed E-state index contributed by atoms with van der Waals surface area (Å²) in [5.41, 5.74) is -1.41. The van der Waals surface area contributed by atoms with Gasteiger partial charge in [0.15, 0.2) is 0 Å². The Morgan fingerprint density at radius 2 is 1.45 bits per heavy atom. The van der Waals surface area contributed by atoms with Crippen molar-refractivity contribution >= 4 is 16.1 Å². The fraction of sp³-hybridized carbons (Fsp3) is 0.929. The molecule has 1 N–H and O–H groups in total. The third-order valence-corrected chi connectivity index (χ3v) is 4.17.